The van der Waals surface area contributed by atoms with Crippen LogP contribution in [0.4, 0.5) is 10.2 Å². The maximum Gasteiger partial charge on any atom is 0.137 e. The highest BCUT2D eigenvalue weighted by Crippen LogP contribution is 2.28. The molecule has 0 spiro atoms. The zero-order valence-corrected chi connectivity index (χ0v) is 16.1. The van der Waals surface area contributed by atoms with E-state index in [1.807, 2.05) is 37.9 Å². The normalized spacial score (nSPS) is 19.7. The minimum Gasteiger partial charge on any atom is -0.346 e. The molecule has 0 atom stereocenters. The summed E-state index contributed by atoms with van der Waals surface area (Å²) in [4.78, 5) is 17.9. The number of hydrogen-bond donors (Lipinski definition) is 1. The Hall–Kier alpha value is -3.06. The lowest BCUT2D eigenvalue weighted by atomic mass is 10.0. The molecule has 140 valence electrons. The lowest BCUT2D eigenvalue weighted by molar-refractivity contribution is 0.661. The van der Waals surface area contributed by atoms with Crippen molar-refractivity contribution in [2.75, 3.05) is 0 Å². The van der Waals surface area contributed by atoms with Gasteiger partial charge in [0.15, 0.2) is 0 Å². The summed E-state index contributed by atoms with van der Waals surface area (Å²) >= 11 is 1.69. The van der Waals surface area contributed by atoms with Gasteiger partial charge in [0.05, 0.1) is 28.6 Å². The molecule has 1 N–H and O–H groups in total. The van der Waals surface area contributed by atoms with Crippen molar-refractivity contribution in [3.8, 4) is 0 Å². The fourth-order valence-corrected chi connectivity index (χ4v) is 4.47. The van der Waals surface area contributed by atoms with Crippen molar-refractivity contribution in [2.24, 2.45) is 4.99 Å². The van der Waals surface area contributed by atoms with Crippen LogP contribution in [-0.2, 0) is 6.54 Å². The summed E-state index contributed by atoms with van der Waals surface area (Å²) in [5, 5.41) is 3.01. The first-order chi connectivity index (χ1) is 13.7. The summed E-state index contributed by atoms with van der Waals surface area (Å²) in [6, 6.07) is 2.06. The van der Waals surface area contributed by atoms with E-state index in [0.29, 0.717) is 13.0 Å². The number of aromatic nitrogens is 4. The molecule has 2 aliphatic rings. The molecular weight excluding hydrogens is 373 g/mol. The highest BCUT2D eigenvalue weighted by atomic mass is 32.1. The average Bonchev–Trinajstić information content (AvgIpc) is 3.42. The van der Waals surface area contributed by atoms with Crippen molar-refractivity contribution in [3.05, 3.63) is 75.0 Å². The van der Waals surface area contributed by atoms with Crippen molar-refractivity contribution in [1.29, 1.82) is 0 Å². The van der Waals surface area contributed by atoms with Crippen LogP contribution in [0.15, 0.2) is 53.8 Å². The van der Waals surface area contributed by atoms with Crippen LogP contribution in [0.3, 0.4) is 0 Å². The van der Waals surface area contributed by atoms with E-state index in [1.54, 1.807) is 17.4 Å². The number of allylic oxidation sites excluding steroid dienone is 4. The molecular formula is C21H18FN5S. The number of nitrogens with zero attached hydrogens (tertiary/aromatic N) is 4. The molecule has 5 rings (SSSR count). The predicted molar refractivity (Wildman–Crippen MR) is 110 cm³/mol. The third-order valence-electron chi connectivity index (χ3n) is 4.95. The summed E-state index contributed by atoms with van der Waals surface area (Å²) in [6.45, 7) is 2.71. The summed E-state index contributed by atoms with van der Waals surface area (Å²) < 4.78 is 15.7. The van der Waals surface area contributed by atoms with Crippen molar-refractivity contribution in [3.63, 3.8) is 0 Å². The van der Waals surface area contributed by atoms with E-state index >= 15 is 0 Å². The number of aliphatic imine (C=N–C) groups is 1. The lowest BCUT2D eigenvalue weighted by Gasteiger charge is -2.11. The number of aromatic amines is 1. The van der Waals surface area contributed by atoms with Crippen molar-refractivity contribution in [1.82, 2.24) is 19.5 Å². The Bertz CT molecular complexity index is 1270. The number of rotatable bonds is 2. The molecule has 0 saturated carbocycles. The number of halogens is 1. The largest absolute Gasteiger partial charge is 0.346 e. The van der Waals surface area contributed by atoms with Crippen LogP contribution in [0.2, 0.25) is 0 Å². The Labute approximate surface area is 165 Å². The van der Waals surface area contributed by atoms with Crippen LogP contribution in [0.1, 0.15) is 28.3 Å². The first kappa shape index (κ1) is 17.1. The van der Waals surface area contributed by atoms with E-state index in [2.05, 4.69) is 25.6 Å². The highest BCUT2D eigenvalue weighted by molar-refractivity contribution is 7.11. The van der Waals surface area contributed by atoms with Gasteiger partial charge in [-0.3, -0.25) is 0 Å². The first-order valence-electron chi connectivity index (χ1n) is 9.12. The second-order valence-corrected chi connectivity index (χ2v) is 8.12. The molecule has 0 amide bonds. The second kappa shape index (κ2) is 6.83. The average molecular weight is 391 g/mol. The van der Waals surface area contributed by atoms with Gasteiger partial charge < -0.3 is 9.55 Å². The fraction of sp³-hybridized carbons (Fsp3) is 0.190. The number of imidazole rings is 1. The van der Waals surface area contributed by atoms with Crippen molar-refractivity contribution < 1.29 is 4.39 Å². The Morgan fingerprint density at radius 1 is 1.25 bits per heavy atom. The van der Waals surface area contributed by atoms with E-state index in [0.717, 1.165) is 39.1 Å². The molecule has 0 radical (unpaired) electrons. The van der Waals surface area contributed by atoms with Crippen LogP contribution < -0.4 is 10.7 Å². The summed E-state index contributed by atoms with van der Waals surface area (Å²) in [6.07, 6.45) is 13.8. The third kappa shape index (κ3) is 2.97. The molecule has 3 aromatic rings. The van der Waals surface area contributed by atoms with Gasteiger partial charge in [0.2, 0.25) is 0 Å². The summed E-state index contributed by atoms with van der Waals surface area (Å²) in [5.74, 6) is 0.666. The SMILES string of the molecule is Cc1ncc(Cn2cnc(=C3C=CC(F)=CC3)c2=C2CC=Nc3[nH]ccc32)s1. The molecule has 1 aliphatic heterocycles. The number of thiazole rings is 1. The van der Waals surface area contributed by atoms with Crippen LogP contribution in [0.5, 0.6) is 0 Å². The summed E-state index contributed by atoms with van der Waals surface area (Å²) in [7, 11) is 0. The summed E-state index contributed by atoms with van der Waals surface area (Å²) in [5.41, 5.74) is 3.28. The molecule has 0 unspecified atom stereocenters. The van der Waals surface area contributed by atoms with E-state index in [9.17, 15) is 4.39 Å². The maximum absolute atomic E-state index is 13.5. The van der Waals surface area contributed by atoms with Crippen molar-refractivity contribution in [2.45, 2.75) is 26.3 Å². The monoisotopic (exact) mass is 391 g/mol. The third-order valence-corrected chi connectivity index (χ3v) is 5.85. The first-order valence-corrected chi connectivity index (χ1v) is 9.93. The van der Waals surface area contributed by atoms with Crippen molar-refractivity contribution >= 4 is 34.5 Å². The number of H-pyrrole nitrogens is 1. The number of hydrogen-bond acceptors (Lipinski definition) is 4. The molecule has 5 nitrogen and oxygen atoms in total. The van der Waals surface area contributed by atoms with Gasteiger partial charge in [0, 0.05) is 35.5 Å². The molecule has 4 heterocycles. The van der Waals surface area contributed by atoms with Crippen LogP contribution >= 0.6 is 11.3 Å². The van der Waals surface area contributed by atoms with E-state index in [4.69, 9.17) is 4.98 Å². The number of aryl methyl sites for hydroxylation is 1. The maximum atomic E-state index is 13.5. The minimum absolute atomic E-state index is 0.199. The van der Waals surface area contributed by atoms with Gasteiger partial charge in [0.25, 0.3) is 0 Å². The fourth-order valence-electron chi connectivity index (χ4n) is 3.67. The molecule has 0 bridgehead atoms. The van der Waals surface area contributed by atoms with Gasteiger partial charge in [-0.15, -0.1) is 11.3 Å². The quantitative estimate of drug-likeness (QED) is 0.729. The Kier molecular flexibility index (Phi) is 4.16. The number of fused-ring (bicyclic) bond motifs is 1. The van der Waals surface area contributed by atoms with E-state index in [1.165, 1.54) is 16.5 Å². The van der Waals surface area contributed by atoms with Gasteiger partial charge in [-0.05, 0) is 42.7 Å². The zero-order chi connectivity index (χ0) is 19.1. The topological polar surface area (TPSA) is 58.9 Å². The molecule has 7 heteroatoms. The van der Waals surface area contributed by atoms with Gasteiger partial charge >= 0.3 is 0 Å². The van der Waals surface area contributed by atoms with Crippen LogP contribution in [0, 0.1) is 6.92 Å². The molecule has 0 aromatic carbocycles. The molecule has 1 aliphatic carbocycles. The van der Waals surface area contributed by atoms with Crippen LogP contribution in [-0.4, -0.2) is 25.7 Å². The van der Waals surface area contributed by atoms with Gasteiger partial charge in [0.1, 0.15) is 11.6 Å². The van der Waals surface area contributed by atoms with E-state index in [-0.39, 0.29) is 5.83 Å². The van der Waals surface area contributed by atoms with Gasteiger partial charge in [-0.2, -0.15) is 0 Å². The van der Waals surface area contributed by atoms with Gasteiger partial charge in [-0.25, -0.2) is 19.4 Å². The highest BCUT2D eigenvalue weighted by Gasteiger charge is 2.17. The smallest absolute Gasteiger partial charge is 0.137 e. The Morgan fingerprint density at radius 2 is 2.18 bits per heavy atom. The zero-order valence-electron chi connectivity index (χ0n) is 15.3. The lowest BCUT2D eigenvalue weighted by Crippen LogP contribution is -2.35. The van der Waals surface area contributed by atoms with Crippen LogP contribution in [0.25, 0.3) is 11.1 Å². The predicted octanol–water partition coefficient (Wildman–Crippen LogP) is 3.29. The Balaban J connectivity index is 1.77. The molecule has 0 fully saturated rings. The molecule has 28 heavy (non-hydrogen) atoms. The Morgan fingerprint density at radius 3 is 2.96 bits per heavy atom. The standard InChI is InChI=1S/C21H18FN5S/c1-13-25-10-16(28-13)11-27-12-26-19(14-2-4-15(22)5-3-14)20(27)17-6-8-23-21-18(17)7-9-24-21/h2,4-5,7-10,12,24H,3,6,11H2,1H3. The molecule has 0 saturated heterocycles. The second-order valence-electron chi connectivity index (χ2n) is 6.80. The number of nitrogens with one attached hydrogen (secondary N) is 1. The van der Waals surface area contributed by atoms with E-state index < -0.39 is 0 Å². The van der Waals surface area contributed by atoms with Gasteiger partial charge in [-0.1, -0.05) is 6.08 Å². The minimum atomic E-state index is -0.199. The molecule has 3 aromatic heterocycles.